The van der Waals surface area contributed by atoms with Crippen LogP contribution < -0.4 is 15.4 Å². The Bertz CT molecular complexity index is 385. The van der Waals surface area contributed by atoms with Gasteiger partial charge in [0.1, 0.15) is 5.75 Å². The molecule has 0 amide bonds. The molecule has 0 spiro atoms. The largest absolute Gasteiger partial charge is 0.497 e. The van der Waals surface area contributed by atoms with Crippen molar-refractivity contribution in [3.8, 4) is 5.75 Å². The number of rotatable bonds is 6. The number of methoxy groups -OCH3 is 1. The first-order valence-corrected chi connectivity index (χ1v) is 6.91. The Kier molecular flexibility index (Phi) is 5.67. The topological polar surface area (TPSA) is 38.5 Å². The summed E-state index contributed by atoms with van der Waals surface area (Å²) >= 11 is 0. The summed E-state index contributed by atoms with van der Waals surface area (Å²) in [5.41, 5.74) is 7.40. The van der Waals surface area contributed by atoms with Crippen LogP contribution in [0.5, 0.6) is 5.75 Å². The SMILES string of the molecule is COc1cccc(N(C)CC(CN)CC(C)(C)C)c1. The van der Waals surface area contributed by atoms with E-state index in [0.29, 0.717) is 11.3 Å². The van der Waals surface area contributed by atoms with Gasteiger partial charge in [0.05, 0.1) is 7.11 Å². The molecule has 0 fully saturated rings. The first-order valence-electron chi connectivity index (χ1n) is 6.91. The van der Waals surface area contributed by atoms with Gasteiger partial charge in [-0.1, -0.05) is 26.8 Å². The molecule has 1 aromatic rings. The highest BCUT2D eigenvalue weighted by Gasteiger charge is 2.19. The van der Waals surface area contributed by atoms with Crippen LogP contribution in [0.2, 0.25) is 0 Å². The third kappa shape index (κ3) is 5.52. The van der Waals surface area contributed by atoms with Crippen LogP contribution in [-0.2, 0) is 0 Å². The molecule has 1 unspecified atom stereocenters. The highest BCUT2D eigenvalue weighted by Crippen LogP contribution is 2.26. The Morgan fingerprint density at radius 2 is 2.00 bits per heavy atom. The molecule has 1 aromatic carbocycles. The van der Waals surface area contributed by atoms with Crippen LogP contribution in [0.3, 0.4) is 0 Å². The third-order valence-electron chi connectivity index (χ3n) is 3.26. The van der Waals surface area contributed by atoms with Gasteiger partial charge in [-0.25, -0.2) is 0 Å². The molecule has 0 saturated heterocycles. The summed E-state index contributed by atoms with van der Waals surface area (Å²) in [6.07, 6.45) is 1.14. The number of hydrogen-bond acceptors (Lipinski definition) is 3. The van der Waals surface area contributed by atoms with Crippen molar-refractivity contribution in [2.24, 2.45) is 17.1 Å². The maximum absolute atomic E-state index is 5.91. The van der Waals surface area contributed by atoms with E-state index in [0.717, 1.165) is 25.3 Å². The van der Waals surface area contributed by atoms with Gasteiger partial charge < -0.3 is 15.4 Å². The summed E-state index contributed by atoms with van der Waals surface area (Å²) in [6.45, 7) is 8.50. The zero-order chi connectivity index (χ0) is 14.5. The molecule has 0 bridgehead atoms. The number of nitrogens with zero attached hydrogens (tertiary/aromatic N) is 1. The normalized spacial score (nSPS) is 13.2. The maximum atomic E-state index is 5.91. The van der Waals surface area contributed by atoms with Gasteiger partial charge in [0, 0.05) is 25.3 Å². The van der Waals surface area contributed by atoms with Crippen LogP contribution in [0, 0.1) is 11.3 Å². The van der Waals surface area contributed by atoms with Gasteiger partial charge in [0.2, 0.25) is 0 Å². The molecule has 0 heterocycles. The average molecular weight is 264 g/mol. The number of benzene rings is 1. The van der Waals surface area contributed by atoms with Gasteiger partial charge in [0.25, 0.3) is 0 Å². The van der Waals surface area contributed by atoms with Crippen LogP contribution in [-0.4, -0.2) is 27.2 Å². The molecule has 0 saturated carbocycles. The van der Waals surface area contributed by atoms with Crippen molar-refractivity contribution in [3.63, 3.8) is 0 Å². The molecule has 0 aliphatic rings. The van der Waals surface area contributed by atoms with Crippen LogP contribution >= 0.6 is 0 Å². The zero-order valence-electron chi connectivity index (χ0n) is 12.9. The highest BCUT2D eigenvalue weighted by molar-refractivity contribution is 5.50. The monoisotopic (exact) mass is 264 g/mol. The van der Waals surface area contributed by atoms with Crippen molar-refractivity contribution >= 4 is 5.69 Å². The first-order chi connectivity index (χ1) is 8.85. The molecule has 0 aliphatic heterocycles. The Morgan fingerprint density at radius 3 is 2.53 bits per heavy atom. The minimum Gasteiger partial charge on any atom is -0.497 e. The van der Waals surface area contributed by atoms with Crippen LogP contribution in [0.4, 0.5) is 5.69 Å². The van der Waals surface area contributed by atoms with E-state index in [1.807, 2.05) is 12.1 Å². The Labute approximate surface area is 117 Å². The highest BCUT2D eigenvalue weighted by atomic mass is 16.5. The number of nitrogens with two attached hydrogens (primary N) is 1. The fourth-order valence-corrected chi connectivity index (χ4v) is 2.43. The standard InChI is InChI=1S/C16H28N2O/c1-16(2,3)10-13(11-17)12-18(4)14-7-6-8-15(9-14)19-5/h6-9,13H,10-12,17H2,1-5H3. The molecule has 0 aliphatic carbocycles. The van der Waals surface area contributed by atoms with E-state index in [4.69, 9.17) is 10.5 Å². The fraction of sp³-hybridized carbons (Fsp3) is 0.625. The molecule has 108 valence electrons. The van der Waals surface area contributed by atoms with E-state index in [1.54, 1.807) is 7.11 Å². The van der Waals surface area contributed by atoms with Gasteiger partial charge in [-0.3, -0.25) is 0 Å². The van der Waals surface area contributed by atoms with E-state index < -0.39 is 0 Å². The predicted molar refractivity (Wildman–Crippen MR) is 82.9 cm³/mol. The summed E-state index contributed by atoms with van der Waals surface area (Å²) in [4.78, 5) is 2.26. The van der Waals surface area contributed by atoms with E-state index in [9.17, 15) is 0 Å². The molecule has 2 N–H and O–H groups in total. The molecule has 3 heteroatoms. The van der Waals surface area contributed by atoms with Crippen molar-refractivity contribution in [2.45, 2.75) is 27.2 Å². The summed E-state index contributed by atoms with van der Waals surface area (Å²) in [7, 11) is 3.81. The Morgan fingerprint density at radius 1 is 1.32 bits per heavy atom. The fourth-order valence-electron chi connectivity index (χ4n) is 2.43. The summed E-state index contributed by atoms with van der Waals surface area (Å²) in [5, 5.41) is 0. The quantitative estimate of drug-likeness (QED) is 0.858. The van der Waals surface area contributed by atoms with Gasteiger partial charge in [-0.15, -0.1) is 0 Å². The molecule has 1 atom stereocenters. The van der Waals surface area contributed by atoms with Crippen LogP contribution in [0.1, 0.15) is 27.2 Å². The second-order valence-electron chi connectivity index (χ2n) is 6.45. The number of hydrogen-bond donors (Lipinski definition) is 1. The van der Waals surface area contributed by atoms with Gasteiger partial charge in [0.15, 0.2) is 0 Å². The number of anilines is 1. The van der Waals surface area contributed by atoms with E-state index >= 15 is 0 Å². The van der Waals surface area contributed by atoms with E-state index in [2.05, 4.69) is 44.9 Å². The average Bonchev–Trinajstić information content (AvgIpc) is 2.36. The minimum absolute atomic E-state index is 0.319. The minimum atomic E-state index is 0.319. The Balaban J connectivity index is 2.68. The van der Waals surface area contributed by atoms with Gasteiger partial charge >= 0.3 is 0 Å². The lowest BCUT2D eigenvalue weighted by Gasteiger charge is -2.30. The summed E-state index contributed by atoms with van der Waals surface area (Å²) in [6, 6.07) is 8.15. The summed E-state index contributed by atoms with van der Waals surface area (Å²) < 4.78 is 5.27. The van der Waals surface area contributed by atoms with Gasteiger partial charge in [-0.05, 0) is 36.4 Å². The van der Waals surface area contributed by atoms with Crippen LogP contribution in [0.25, 0.3) is 0 Å². The lowest BCUT2D eigenvalue weighted by atomic mass is 9.84. The summed E-state index contributed by atoms with van der Waals surface area (Å²) in [5.74, 6) is 1.40. The van der Waals surface area contributed by atoms with Crippen molar-refractivity contribution in [3.05, 3.63) is 24.3 Å². The van der Waals surface area contributed by atoms with E-state index in [-0.39, 0.29) is 0 Å². The molecule has 1 rings (SSSR count). The third-order valence-corrected chi connectivity index (χ3v) is 3.26. The van der Waals surface area contributed by atoms with Crippen molar-refractivity contribution in [2.75, 3.05) is 32.1 Å². The molecular formula is C16H28N2O. The lowest BCUT2D eigenvalue weighted by molar-refractivity contribution is 0.300. The second-order valence-corrected chi connectivity index (χ2v) is 6.45. The Hall–Kier alpha value is -1.22. The maximum Gasteiger partial charge on any atom is 0.120 e. The molecule has 0 radical (unpaired) electrons. The first kappa shape index (κ1) is 15.8. The van der Waals surface area contributed by atoms with Crippen molar-refractivity contribution < 1.29 is 4.74 Å². The molecule has 3 nitrogen and oxygen atoms in total. The zero-order valence-corrected chi connectivity index (χ0v) is 12.9. The van der Waals surface area contributed by atoms with Crippen LogP contribution in [0.15, 0.2) is 24.3 Å². The smallest absolute Gasteiger partial charge is 0.120 e. The predicted octanol–water partition coefficient (Wildman–Crippen LogP) is 3.14. The lowest BCUT2D eigenvalue weighted by Crippen LogP contribution is -2.32. The number of ether oxygens (including phenoxy) is 1. The van der Waals surface area contributed by atoms with Crippen molar-refractivity contribution in [1.29, 1.82) is 0 Å². The molecule has 0 aromatic heterocycles. The molecular weight excluding hydrogens is 236 g/mol. The van der Waals surface area contributed by atoms with E-state index in [1.165, 1.54) is 5.69 Å². The van der Waals surface area contributed by atoms with Gasteiger partial charge in [-0.2, -0.15) is 0 Å². The molecule has 19 heavy (non-hydrogen) atoms. The second kappa shape index (κ2) is 6.80. The van der Waals surface area contributed by atoms with Crippen molar-refractivity contribution in [1.82, 2.24) is 0 Å².